The minimum Gasteiger partial charge on any atom is -0.494 e. The van der Waals surface area contributed by atoms with E-state index in [2.05, 4.69) is 18.3 Å². The van der Waals surface area contributed by atoms with E-state index in [9.17, 15) is 0 Å². The highest BCUT2D eigenvalue weighted by Crippen LogP contribution is 2.15. The molecule has 0 aromatic heterocycles. The lowest BCUT2D eigenvalue weighted by molar-refractivity contribution is 0.317. The number of rotatable bonds is 8. The summed E-state index contributed by atoms with van der Waals surface area (Å²) in [4.78, 5) is 0. The minimum absolute atomic E-state index is 0.644. The standard InChI is InChI=1S/C14H20N2O/c1-2-12-17-14-8-6-13(7-9-14)16-11-5-3-4-10-15/h6-9,16H,2-5,11-12H2,1H3. The second-order valence-corrected chi connectivity index (χ2v) is 3.91. The fourth-order valence-electron chi connectivity index (χ4n) is 1.45. The first kappa shape index (κ1) is 13.4. The molecule has 0 saturated carbocycles. The van der Waals surface area contributed by atoms with Gasteiger partial charge in [-0.3, -0.25) is 0 Å². The van der Waals surface area contributed by atoms with E-state index < -0.39 is 0 Å². The second-order valence-electron chi connectivity index (χ2n) is 3.91. The Morgan fingerprint density at radius 2 is 2.00 bits per heavy atom. The van der Waals surface area contributed by atoms with Gasteiger partial charge in [0.2, 0.25) is 0 Å². The van der Waals surface area contributed by atoms with E-state index in [1.807, 2.05) is 24.3 Å². The summed E-state index contributed by atoms with van der Waals surface area (Å²) < 4.78 is 5.50. The highest BCUT2D eigenvalue weighted by atomic mass is 16.5. The lowest BCUT2D eigenvalue weighted by Crippen LogP contribution is -2.01. The van der Waals surface area contributed by atoms with E-state index in [-0.39, 0.29) is 0 Å². The van der Waals surface area contributed by atoms with Crippen LogP contribution in [0.15, 0.2) is 24.3 Å². The van der Waals surface area contributed by atoms with Gasteiger partial charge < -0.3 is 10.1 Å². The molecule has 0 bridgehead atoms. The van der Waals surface area contributed by atoms with E-state index in [0.29, 0.717) is 6.42 Å². The average molecular weight is 232 g/mol. The van der Waals surface area contributed by atoms with Crippen molar-refractivity contribution in [2.24, 2.45) is 0 Å². The molecule has 1 aromatic rings. The van der Waals surface area contributed by atoms with E-state index in [0.717, 1.165) is 43.9 Å². The van der Waals surface area contributed by atoms with Crippen molar-refractivity contribution in [1.82, 2.24) is 0 Å². The van der Waals surface area contributed by atoms with Crippen molar-refractivity contribution in [2.45, 2.75) is 32.6 Å². The van der Waals surface area contributed by atoms with Crippen LogP contribution in [0.3, 0.4) is 0 Å². The summed E-state index contributed by atoms with van der Waals surface area (Å²) in [6, 6.07) is 10.2. The SMILES string of the molecule is CCCOc1ccc(NCCCCC#N)cc1. The van der Waals surface area contributed by atoms with Gasteiger partial charge in [-0.1, -0.05) is 6.92 Å². The van der Waals surface area contributed by atoms with Crippen LogP contribution >= 0.6 is 0 Å². The molecule has 17 heavy (non-hydrogen) atoms. The summed E-state index contributed by atoms with van der Waals surface area (Å²) in [7, 11) is 0. The third-order valence-electron chi connectivity index (χ3n) is 2.37. The number of nitriles is 1. The quantitative estimate of drug-likeness (QED) is 0.697. The molecule has 3 nitrogen and oxygen atoms in total. The molecule has 0 radical (unpaired) electrons. The van der Waals surface area contributed by atoms with E-state index in [4.69, 9.17) is 10.00 Å². The van der Waals surface area contributed by atoms with Crippen LogP contribution in [0.2, 0.25) is 0 Å². The summed E-state index contributed by atoms with van der Waals surface area (Å²) in [5.74, 6) is 0.918. The van der Waals surface area contributed by atoms with E-state index in [1.165, 1.54) is 0 Å². The Morgan fingerprint density at radius 1 is 1.24 bits per heavy atom. The normalized spacial score (nSPS) is 9.65. The van der Waals surface area contributed by atoms with Gasteiger partial charge in [-0.05, 0) is 43.5 Å². The van der Waals surface area contributed by atoms with Crippen LogP contribution in [-0.2, 0) is 0 Å². The van der Waals surface area contributed by atoms with Crippen LogP contribution < -0.4 is 10.1 Å². The summed E-state index contributed by atoms with van der Waals surface area (Å²) >= 11 is 0. The Balaban J connectivity index is 2.23. The lowest BCUT2D eigenvalue weighted by atomic mass is 10.2. The molecule has 0 aliphatic rings. The Kier molecular flexibility index (Phi) is 6.66. The fourth-order valence-corrected chi connectivity index (χ4v) is 1.45. The molecule has 0 spiro atoms. The van der Waals surface area contributed by atoms with Crippen LogP contribution in [0.1, 0.15) is 32.6 Å². The second kappa shape index (κ2) is 8.46. The number of anilines is 1. The predicted molar refractivity (Wildman–Crippen MR) is 70.2 cm³/mol. The summed E-state index contributed by atoms with van der Waals surface area (Å²) in [6.07, 6.45) is 3.66. The van der Waals surface area contributed by atoms with Crippen LogP contribution in [-0.4, -0.2) is 13.2 Å². The largest absolute Gasteiger partial charge is 0.494 e. The van der Waals surface area contributed by atoms with Crippen LogP contribution in [0.4, 0.5) is 5.69 Å². The first-order chi connectivity index (χ1) is 8.36. The molecule has 1 aromatic carbocycles. The van der Waals surface area contributed by atoms with Gasteiger partial charge in [0.15, 0.2) is 0 Å². The van der Waals surface area contributed by atoms with Gasteiger partial charge in [0.05, 0.1) is 12.7 Å². The Bertz CT molecular complexity index is 340. The van der Waals surface area contributed by atoms with E-state index in [1.54, 1.807) is 0 Å². The zero-order valence-corrected chi connectivity index (χ0v) is 10.4. The molecule has 1 rings (SSSR count). The Hall–Kier alpha value is -1.69. The number of hydrogen-bond acceptors (Lipinski definition) is 3. The zero-order valence-electron chi connectivity index (χ0n) is 10.4. The molecule has 3 heteroatoms. The number of nitrogens with one attached hydrogen (secondary N) is 1. The summed E-state index contributed by atoms with van der Waals surface area (Å²) in [5, 5.41) is 11.7. The Morgan fingerprint density at radius 3 is 2.65 bits per heavy atom. The van der Waals surface area contributed by atoms with Gasteiger partial charge in [0.1, 0.15) is 5.75 Å². The zero-order chi connectivity index (χ0) is 12.3. The maximum Gasteiger partial charge on any atom is 0.119 e. The van der Waals surface area contributed by atoms with Crippen molar-refractivity contribution in [3.05, 3.63) is 24.3 Å². The van der Waals surface area contributed by atoms with Gasteiger partial charge in [0.25, 0.3) is 0 Å². The van der Waals surface area contributed by atoms with Crippen molar-refractivity contribution in [2.75, 3.05) is 18.5 Å². The molecule has 92 valence electrons. The van der Waals surface area contributed by atoms with Gasteiger partial charge in [-0.2, -0.15) is 5.26 Å². The van der Waals surface area contributed by atoms with Crippen LogP contribution in [0.25, 0.3) is 0 Å². The van der Waals surface area contributed by atoms with Crippen molar-refractivity contribution >= 4 is 5.69 Å². The Labute approximate surface area is 103 Å². The molecule has 0 aliphatic heterocycles. The molecule has 0 heterocycles. The van der Waals surface area contributed by atoms with Gasteiger partial charge in [-0.25, -0.2) is 0 Å². The smallest absolute Gasteiger partial charge is 0.119 e. The molecular weight excluding hydrogens is 212 g/mol. The maximum atomic E-state index is 8.40. The molecule has 0 atom stereocenters. The van der Waals surface area contributed by atoms with Gasteiger partial charge in [-0.15, -0.1) is 0 Å². The molecular formula is C14H20N2O. The number of hydrogen-bond donors (Lipinski definition) is 1. The third-order valence-corrected chi connectivity index (χ3v) is 2.37. The maximum absolute atomic E-state index is 8.40. The molecule has 0 amide bonds. The first-order valence-electron chi connectivity index (χ1n) is 6.20. The first-order valence-corrected chi connectivity index (χ1v) is 6.20. The number of ether oxygens (including phenoxy) is 1. The van der Waals surface area contributed by atoms with Crippen LogP contribution in [0, 0.1) is 11.3 Å². The summed E-state index contributed by atoms with van der Waals surface area (Å²) in [6.45, 7) is 3.77. The average Bonchev–Trinajstić information content (AvgIpc) is 2.37. The minimum atomic E-state index is 0.644. The third kappa shape index (κ3) is 5.82. The number of nitrogens with zero attached hydrogens (tertiary/aromatic N) is 1. The highest BCUT2D eigenvalue weighted by molar-refractivity contribution is 5.46. The van der Waals surface area contributed by atoms with E-state index >= 15 is 0 Å². The van der Waals surface area contributed by atoms with Gasteiger partial charge >= 0.3 is 0 Å². The molecule has 1 N–H and O–H groups in total. The fraction of sp³-hybridized carbons (Fsp3) is 0.500. The summed E-state index contributed by atoms with van der Waals surface area (Å²) in [5.41, 5.74) is 1.10. The lowest BCUT2D eigenvalue weighted by Gasteiger charge is -2.07. The van der Waals surface area contributed by atoms with Crippen molar-refractivity contribution in [3.63, 3.8) is 0 Å². The van der Waals surface area contributed by atoms with Crippen molar-refractivity contribution < 1.29 is 4.74 Å². The molecule has 0 saturated heterocycles. The number of unbranched alkanes of at least 4 members (excludes halogenated alkanes) is 2. The van der Waals surface area contributed by atoms with Crippen LogP contribution in [0.5, 0.6) is 5.75 Å². The molecule has 0 fully saturated rings. The van der Waals surface area contributed by atoms with Crippen molar-refractivity contribution in [1.29, 1.82) is 5.26 Å². The highest BCUT2D eigenvalue weighted by Gasteiger charge is 1.94. The molecule has 0 aliphatic carbocycles. The monoisotopic (exact) mass is 232 g/mol. The topological polar surface area (TPSA) is 45.0 Å². The molecule has 0 unspecified atom stereocenters. The van der Waals surface area contributed by atoms with Crippen molar-refractivity contribution in [3.8, 4) is 11.8 Å². The van der Waals surface area contributed by atoms with Gasteiger partial charge in [0, 0.05) is 18.7 Å². The predicted octanol–water partition coefficient (Wildman–Crippen LogP) is 3.58. The number of benzene rings is 1.